The van der Waals surface area contributed by atoms with E-state index in [2.05, 4.69) is 15.1 Å². The van der Waals surface area contributed by atoms with E-state index in [0.29, 0.717) is 19.5 Å². The average molecular weight is 396 g/mol. The van der Waals surface area contributed by atoms with Crippen LogP contribution >= 0.6 is 11.3 Å². The van der Waals surface area contributed by atoms with Crippen molar-refractivity contribution in [3.63, 3.8) is 0 Å². The number of aryl methyl sites for hydroxylation is 1. The molecule has 28 heavy (non-hydrogen) atoms. The van der Waals surface area contributed by atoms with Gasteiger partial charge in [0, 0.05) is 38.2 Å². The van der Waals surface area contributed by atoms with Crippen LogP contribution in [0.2, 0.25) is 0 Å². The lowest BCUT2D eigenvalue weighted by molar-refractivity contribution is 0.0746. The van der Waals surface area contributed by atoms with Crippen LogP contribution < -0.4 is 4.90 Å². The first-order chi connectivity index (χ1) is 13.6. The molecule has 0 bridgehead atoms. The SMILES string of the molecule is Cc1ccc(C(=O)N2CCN(c3nnc(Cc4ccc(F)cc4)s3)CC2)cc1. The highest BCUT2D eigenvalue weighted by atomic mass is 32.1. The molecule has 2 aromatic carbocycles. The second kappa shape index (κ2) is 8.06. The number of nitrogens with zero attached hydrogens (tertiary/aromatic N) is 4. The summed E-state index contributed by atoms with van der Waals surface area (Å²) in [6, 6.07) is 14.2. The van der Waals surface area contributed by atoms with Crippen molar-refractivity contribution in [2.45, 2.75) is 13.3 Å². The van der Waals surface area contributed by atoms with Gasteiger partial charge in [0.2, 0.25) is 5.13 Å². The zero-order chi connectivity index (χ0) is 19.5. The highest BCUT2D eigenvalue weighted by molar-refractivity contribution is 7.15. The number of hydrogen-bond acceptors (Lipinski definition) is 5. The molecule has 3 aromatic rings. The molecule has 1 aliphatic heterocycles. The minimum absolute atomic E-state index is 0.0777. The fourth-order valence-electron chi connectivity index (χ4n) is 3.20. The molecule has 0 aliphatic carbocycles. The monoisotopic (exact) mass is 396 g/mol. The molecule has 0 unspecified atom stereocenters. The van der Waals surface area contributed by atoms with Gasteiger partial charge in [-0.3, -0.25) is 4.79 Å². The summed E-state index contributed by atoms with van der Waals surface area (Å²) in [5.74, 6) is -0.159. The fourth-order valence-corrected chi connectivity index (χ4v) is 4.12. The minimum Gasteiger partial charge on any atom is -0.343 e. The van der Waals surface area contributed by atoms with Gasteiger partial charge in [0.15, 0.2) is 0 Å². The van der Waals surface area contributed by atoms with Crippen LogP contribution in [-0.4, -0.2) is 47.2 Å². The maximum Gasteiger partial charge on any atom is 0.253 e. The minimum atomic E-state index is -0.236. The van der Waals surface area contributed by atoms with Crippen LogP contribution in [0, 0.1) is 12.7 Å². The van der Waals surface area contributed by atoms with Crippen molar-refractivity contribution in [2.24, 2.45) is 0 Å². The third kappa shape index (κ3) is 4.20. The molecular formula is C21H21FN4OS. The Labute approximate surface area is 167 Å². The second-order valence-electron chi connectivity index (χ2n) is 6.93. The largest absolute Gasteiger partial charge is 0.343 e. The van der Waals surface area contributed by atoms with Gasteiger partial charge in [0.05, 0.1) is 0 Å². The van der Waals surface area contributed by atoms with Crippen LogP contribution in [0.4, 0.5) is 9.52 Å². The van der Waals surface area contributed by atoms with E-state index in [9.17, 15) is 9.18 Å². The van der Waals surface area contributed by atoms with Gasteiger partial charge in [0.25, 0.3) is 5.91 Å². The zero-order valence-corrected chi connectivity index (χ0v) is 16.5. The highest BCUT2D eigenvalue weighted by Crippen LogP contribution is 2.24. The summed E-state index contributed by atoms with van der Waals surface area (Å²) in [6.07, 6.45) is 0.643. The van der Waals surface area contributed by atoms with Crippen molar-refractivity contribution in [1.82, 2.24) is 15.1 Å². The smallest absolute Gasteiger partial charge is 0.253 e. The molecule has 7 heteroatoms. The van der Waals surface area contributed by atoms with E-state index < -0.39 is 0 Å². The van der Waals surface area contributed by atoms with Crippen molar-refractivity contribution in [3.05, 3.63) is 76.0 Å². The molecule has 1 saturated heterocycles. The average Bonchev–Trinajstić information content (AvgIpc) is 3.18. The van der Waals surface area contributed by atoms with Crippen molar-refractivity contribution in [3.8, 4) is 0 Å². The number of amides is 1. The normalized spacial score (nSPS) is 14.4. The van der Waals surface area contributed by atoms with Crippen LogP contribution in [0.5, 0.6) is 0 Å². The fraction of sp³-hybridized carbons (Fsp3) is 0.286. The lowest BCUT2D eigenvalue weighted by Gasteiger charge is -2.34. The Morgan fingerprint density at radius 1 is 1.00 bits per heavy atom. The number of anilines is 1. The topological polar surface area (TPSA) is 49.3 Å². The van der Waals surface area contributed by atoms with E-state index >= 15 is 0 Å². The number of carbonyl (C=O) groups excluding carboxylic acids is 1. The molecule has 0 atom stereocenters. The summed E-state index contributed by atoms with van der Waals surface area (Å²) in [7, 11) is 0. The Bertz CT molecular complexity index is 947. The number of hydrogen-bond donors (Lipinski definition) is 0. The van der Waals surface area contributed by atoms with Gasteiger partial charge in [-0.2, -0.15) is 0 Å². The van der Waals surface area contributed by atoms with E-state index in [0.717, 1.165) is 39.9 Å². The number of aromatic nitrogens is 2. The summed E-state index contributed by atoms with van der Waals surface area (Å²) in [5.41, 5.74) is 2.89. The second-order valence-corrected chi connectivity index (χ2v) is 7.97. The first-order valence-electron chi connectivity index (χ1n) is 9.26. The molecule has 144 valence electrons. The van der Waals surface area contributed by atoms with Gasteiger partial charge in [-0.05, 0) is 36.8 Å². The molecule has 0 saturated carbocycles. The lowest BCUT2D eigenvalue weighted by atomic mass is 10.1. The number of halogens is 1. The predicted octanol–water partition coefficient (Wildman–Crippen LogP) is 3.54. The van der Waals surface area contributed by atoms with Gasteiger partial charge in [-0.1, -0.05) is 41.2 Å². The summed E-state index contributed by atoms with van der Waals surface area (Å²) < 4.78 is 13.0. The maximum absolute atomic E-state index is 13.0. The molecular weight excluding hydrogens is 375 g/mol. The molecule has 1 amide bonds. The quantitative estimate of drug-likeness (QED) is 0.677. The Morgan fingerprint density at radius 3 is 2.36 bits per heavy atom. The van der Waals surface area contributed by atoms with Crippen molar-refractivity contribution in [1.29, 1.82) is 0 Å². The molecule has 5 nitrogen and oxygen atoms in total. The van der Waals surface area contributed by atoms with Crippen LogP contribution in [-0.2, 0) is 6.42 Å². The van der Waals surface area contributed by atoms with Crippen molar-refractivity contribution in [2.75, 3.05) is 31.1 Å². The van der Waals surface area contributed by atoms with Crippen LogP contribution in [0.25, 0.3) is 0 Å². The molecule has 1 aromatic heterocycles. The number of rotatable bonds is 4. The van der Waals surface area contributed by atoms with Gasteiger partial charge in [-0.25, -0.2) is 4.39 Å². The first-order valence-corrected chi connectivity index (χ1v) is 10.1. The molecule has 0 spiro atoms. The Hall–Kier alpha value is -2.80. The molecule has 2 heterocycles. The lowest BCUT2D eigenvalue weighted by Crippen LogP contribution is -2.48. The Morgan fingerprint density at radius 2 is 1.68 bits per heavy atom. The van der Waals surface area contributed by atoms with E-state index in [1.807, 2.05) is 36.1 Å². The third-order valence-corrected chi connectivity index (χ3v) is 5.84. The van der Waals surface area contributed by atoms with Crippen LogP contribution in [0.3, 0.4) is 0 Å². The summed E-state index contributed by atoms with van der Waals surface area (Å²) >= 11 is 1.55. The van der Waals surface area contributed by atoms with E-state index in [1.54, 1.807) is 23.5 Å². The molecule has 0 radical (unpaired) electrons. The zero-order valence-electron chi connectivity index (χ0n) is 15.6. The summed E-state index contributed by atoms with van der Waals surface area (Å²) in [4.78, 5) is 16.7. The first kappa shape index (κ1) is 18.6. The predicted molar refractivity (Wildman–Crippen MR) is 108 cm³/mol. The van der Waals surface area contributed by atoms with E-state index in [4.69, 9.17) is 0 Å². The number of piperazine rings is 1. The van der Waals surface area contributed by atoms with E-state index in [-0.39, 0.29) is 11.7 Å². The highest BCUT2D eigenvalue weighted by Gasteiger charge is 2.24. The standard InChI is InChI=1S/C21H21FN4OS/c1-15-2-6-17(7-3-15)20(27)25-10-12-26(13-11-25)21-24-23-19(28-21)14-16-4-8-18(22)9-5-16/h2-9H,10-14H2,1H3. The summed E-state index contributed by atoms with van der Waals surface area (Å²) in [5, 5.41) is 10.4. The van der Waals surface area contributed by atoms with E-state index in [1.165, 1.54) is 12.1 Å². The Balaban J connectivity index is 1.35. The molecule has 4 rings (SSSR count). The molecule has 0 N–H and O–H groups in total. The Kier molecular flexibility index (Phi) is 5.34. The number of carbonyl (C=O) groups is 1. The van der Waals surface area contributed by atoms with Gasteiger partial charge in [0.1, 0.15) is 10.8 Å². The number of benzene rings is 2. The molecule has 1 fully saturated rings. The van der Waals surface area contributed by atoms with Crippen molar-refractivity contribution < 1.29 is 9.18 Å². The van der Waals surface area contributed by atoms with Gasteiger partial charge in [-0.15, -0.1) is 10.2 Å². The van der Waals surface area contributed by atoms with Gasteiger partial charge < -0.3 is 9.80 Å². The maximum atomic E-state index is 13.0. The van der Waals surface area contributed by atoms with Crippen LogP contribution in [0.15, 0.2) is 48.5 Å². The molecule has 1 aliphatic rings. The van der Waals surface area contributed by atoms with Gasteiger partial charge >= 0.3 is 0 Å². The van der Waals surface area contributed by atoms with Crippen LogP contribution in [0.1, 0.15) is 26.5 Å². The van der Waals surface area contributed by atoms with Crippen molar-refractivity contribution >= 4 is 22.4 Å². The summed E-state index contributed by atoms with van der Waals surface area (Å²) in [6.45, 7) is 4.82. The third-order valence-electron chi connectivity index (χ3n) is 4.86.